The van der Waals surface area contributed by atoms with Gasteiger partial charge in [0.25, 0.3) is 15.9 Å². The maximum atomic E-state index is 14.0. The number of carbonyl (C=O) groups excluding carboxylic acids is 1. The standard InChI is InChI=1S/C26H27FN2O6S/c1-16-8-10-21(13-22(16)27)36(31,32)28-20-9-11-23-19(12-20)15-29(26(30)17(2)35-23)14-18-6-5-7-24(33-3)25(18)34-4/h5-13,17,28H,14-15H2,1-4H3/t17-/m0/s1. The number of halogens is 1. The number of sulfonamides is 1. The zero-order chi connectivity index (χ0) is 26.0. The number of rotatable bonds is 7. The Kier molecular flexibility index (Phi) is 7.07. The SMILES string of the molecule is COc1cccc(CN2Cc3cc(NS(=O)(=O)c4ccc(C)c(F)c4)ccc3O[C@@H](C)C2=O)c1OC. The molecule has 3 aromatic rings. The molecular formula is C26H27FN2O6S. The molecule has 0 saturated heterocycles. The summed E-state index contributed by atoms with van der Waals surface area (Å²) in [5, 5.41) is 0. The first-order chi connectivity index (χ1) is 17.1. The number of aryl methyl sites for hydroxylation is 1. The molecule has 0 aromatic heterocycles. The van der Waals surface area contributed by atoms with Crippen LogP contribution in [0.2, 0.25) is 0 Å². The normalized spacial score (nSPS) is 15.5. The van der Waals surface area contributed by atoms with Gasteiger partial charge in [0.15, 0.2) is 17.6 Å². The number of hydrogen-bond acceptors (Lipinski definition) is 6. The summed E-state index contributed by atoms with van der Waals surface area (Å²) >= 11 is 0. The van der Waals surface area contributed by atoms with Gasteiger partial charge in [-0.25, -0.2) is 12.8 Å². The molecule has 1 amide bonds. The molecule has 1 N–H and O–H groups in total. The van der Waals surface area contributed by atoms with E-state index in [-0.39, 0.29) is 29.6 Å². The van der Waals surface area contributed by atoms with Crippen molar-refractivity contribution in [3.05, 3.63) is 77.1 Å². The lowest BCUT2D eigenvalue weighted by molar-refractivity contribution is -0.138. The van der Waals surface area contributed by atoms with E-state index in [9.17, 15) is 17.6 Å². The van der Waals surface area contributed by atoms with Crippen molar-refractivity contribution >= 4 is 21.6 Å². The number of fused-ring (bicyclic) bond motifs is 1. The Labute approximate surface area is 209 Å². The van der Waals surface area contributed by atoms with Crippen LogP contribution < -0.4 is 18.9 Å². The molecular weight excluding hydrogens is 487 g/mol. The highest BCUT2D eigenvalue weighted by Crippen LogP contribution is 2.34. The van der Waals surface area contributed by atoms with Crippen LogP contribution in [0, 0.1) is 12.7 Å². The van der Waals surface area contributed by atoms with Gasteiger partial charge in [0.2, 0.25) is 0 Å². The van der Waals surface area contributed by atoms with Crippen LogP contribution >= 0.6 is 0 Å². The lowest BCUT2D eigenvalue weighted by Crippen LogP contribution is -2.37. The first-order valence-corrected chi connectivity index (χ1v) is 12.7. The van der Waals surface area contributed by atoms with Gasteiger partial charge in [-0.3, -0.25) is 9.52 Å². The van der Waals surface area contributed by atoms with Gasteiger partial charge in [-0.1, -0.05) is 18.2 Å². The van der Waals surface area contributed by atoms with Crippen LogP contribution in [-0.4, -0.2) is 39.5 Å². The number of amides is 1. The van der Waals surface area contributed by atoms with Crippen LogP contribution in [0.15, 0.2) is 59.5 Å². The summed E-state index contributed by atoms with van der Waals surface area (Å²) in [4.78, 5) is 14.5. The predicted octanol–water partition coefficient (Wildman–Crippen LogP) is 4.26. The lowest BCUT2D eigenvalue weighted by atomic mass is 10.1. The van der Waals surface area contributed by atoms with E-state index in [1.165, 1.54) is 19.2 Å². The summed E-state index contributed by atoms with van der Waals surface area (Å²) in [6, 6.07) is 13.9. The largest absolute Gasteiger partial charge is 0.493 e. The van der Waals surface area contributed by atoms with E-state index in [4.69, 9.17) is 14.2 Å². The zero-order valence-corrected chi connectivity index (χ0v) is 21.2. The maximum Gasteiger partial charge on any atom is 0.263 e. The molecule has 10 heteroatoms. The summed E-state index contributed by atoms with van der Waals surface area (Å²) in [6.45, 7) is 3.62. The van der Waals surface area contributed by atoms with Crippen molar-refractivity contribution in [3.8, 4) is 17.2 Å². The molecule has 4 rings (SSSR count). The molecule has 3 aromatic carbocycles. The van der Waals surface area contributed by atoms with E-state index < -0.39 is 21.9 Å². The van der Waals surface area contributed by atoms with Crippen molar-refractivity contribution in [2.24, 2.45) is 0 Å². The van der Waals surface area contributed by atoms with Gasteiger partial charge in [0.1, 0.15) is 11.6 Å². The van der Waals surface area contributed by atoms with Gasteiger partial charge in [0.05, 0.1) is 19.1 Å². The average Bonchev–Trinajstić information content (AvgIpc) is 2.96. The third-order valence-electron chi connectivity index (χ3n) is 5.94. The smallest absolute Gasteiger partial charge is 0.263 e. The summed E-state index contributed by atoms with van der Waals surface area (Å²) in [6.07, 6.45) is -0.749. The van der Waals surface area contributed by atoms with Gasteiger partial charge < -0.3 is 19.1 Å². The minimum Gasteiger partial charge on any atom is -0.493 e. The summed E-state index contributed by atoms with van der Waals surface area (Å²) in [5.74, 6) is 0.710. The highest BCUT2D eigenvalue weighted by Gasteiger charge is 2.29. The number of ether oxygens (including phenoxy) is 3. The number of carbonyl (C=O) groups is 1. The Balaban J connectivity index is 1.63. The van der Waals surface area contributed by atoms with Gasteiger partial charge >= 0.3 is 0 Å². The van der Waals surface area contributed by atoms with E-state index in [2.05, 4.69) is 4.72 Å². The highest BCUT2D eigenvalue weighted by molar-refractivity contribution is 7.92. The second kappa shape index (κ2) is 10.1. The molecule has 0 aliphatic carbocycles. The number of nitrogens with one attached hydrogen (secondary N) is 1. The van der Waals surface area contributed by atoms with Crippen LogP contribution in [-0.2, 0) is 27.9 Å². The fraction of sp³-hybridized carbons (Fsp3) is 0.269. The second-order valence-electron chi connectivity index (χ2n) is 8.45. The Hall–Kier alpha value is -3.79. The molecule has 190 valence electrons. The quantitative estimate of drug-likeness (QED) is 0.506. The Morgan fingerprint density at radius 1 is 1.11 bits per heavy atom. The topological polar surface area (TPSA) is 94.2 Å². The van der Waals surface area contributed by atoms with Crippen LogP contribution in [0.25, 0.3) is 0 Å². The minimum atomic E-state index is -4.03. The Bertz CT molecular complexity index is 1410. The fourth-order valence-corrected chi connectivity index (χ4v) is 5.10. The molecule has 1 atom stereocenters. The van der Waals surface area contributed by atoms with Crippen molar-refractivity contribution in [1.82, 2.24) is 4.90 Å². The van der Waals surface area contributed by atoms with Crippen molar-refractivity contribution in [2.75, 3.05) is 18.9 Å². The van der Waals surface area contributed by atoms with Crippen molar-refractivity contribution in [1.29, 1.82) is 0 Å². The predicted molar refractivity (Wildman–Crippen MR) is 132 cm³/mol. The van der Waals surface area contributed by atoms with Gasteiger partial charge in [-0.15, -0.1) is 0 Å². The molecule has 1 aliphatic rings. The summed E-state index contributed by atoms with van der Waals surface area (Å²) in [7, 11) is -0.958. The van der Waals surface area contributed by atoms with Crippen molar-refractivity contribution in [2.45, 2.75) is 37.9 Å². The fourth-order valence-electron chi connectivity index (χ4n) is 4.04. The third-order valence-corrected chi connectivity index (χ3v) is 7.32. The molecule has 0 unspecified atom stereocenters. The molecule has 0 spiro atoms. The Morgan fingerprint density at radius 3 is 2.58 bits per heavy atom. The van der Waals surface area contributed by atoms with Crippen molar-refractivity contribution < 1.29 is 31.8 Å². The molecule has 1 heterocycles. The zero-order valence-electron chi connectivity index (χ0n) is 20.4. The summed E-state index contributed by atoms with van der Waals surface area (Å²) in [5.41, 5.74) is 1.98. The van der Waals surface area contributed by atoms with Gasteiger partial charge in [0, 0.05) is 29.9 Å². The number of anilines is 1. The number of nitrogens with zero attached hydrogens (tertiary/aromatic N) is 1. The minimum absolute atomic E-state index is 0.174. The van der Waals surface area contributed by atoms with Gasteiger partial charge in [-0.05, 0) is 55.8 Å². The molecule has 0 radical (unpaired) electrons. The molecule has 0 bridgehead atoms. The number of methoxy groups -OCH3 is 2. The lowest BCUT2D eigenvalue weighted by Gasteiger charge is -2.24. The number of benzene rings is 3. The van der Waals surface area contributed by atoms with Crippen LogP contribution in [0.1, 0.15) is 23.6 Å². The van der Waals surface area contributed by atoms with Crippen molar-refractivity contribution in [3.63, 3.8) is 0 Å². The van der Waals surface area contributed by atoms with E-state index in [0.717, 1.165) is 11.6 Å². The van der Waals surface area contributed by atoms with Crippen LogP contribution in [0.4, 0.5) is 10.1 Å². The van der Waals surface area contributed by atoms with E-state index in [1.807, 2.05) is 12.1 Å². The molecule has 0 fully saturated rings. The molecule has 0 saturated carbocycles. The molecule has 36 heavy (non-hydrogen) atoms. The maximum absolute atomic E-state index is 14.0. The molecule has 1 aliphatic heterocycles. The second-order valence-corrected chi connectivity index (χ2v) is 10.1. The number of hydrogen-bond donors (Lipinski definition) is 1. The molecule has 8 nitrogen and oxygen atoms in total. The average molecular weight is 515 g/mol. The van der Waals surface area contributed by atoms with E-state index >= 15 is 0 Å². The third kappa shape index (κ3) is 5.08. The highest BCUT2D eigenvalue weighted by atomic mass is 32.2. The van der Waals surface area contributed by atoms with Crippen LogP contribution in [0.5, 0.6) is 17.2 Å². The van der Waals surface area contributed by atoms with E-state index in [1.54, 1.807) is 50.1 Å². The van der Waals surface area contributed by atoms with Gasteiger partial charge in [-0.2, -0.15) is 0 Å². The first-order valence-electron chi connectivity index (χ1n) is 11.2. The van der Waals surface area contributed by atoms with Crippen LogP contribution in [0.3, 0.4) is 0 Å². The Morgan fingerprint density at radius 2 is 1.89 bits per heavy atom. The monoisotopic (exact) mass is 514 g/mol. The van der Waals surface area contributed by atoms with E-state index in [0.29, 0.717) is 28.4 Å². The first kappa shape index (κ1) is 25.3. The number of para-hydroxylation sites is 1. The summed E-state index contributed by atoms with van der Waals surface area (Å²) < 4.78 is 58.9.